The molecule has 0 radical (unpaired) electrons. The van der Waals surface area contributed by atoms with Crippen LogP contribution in [-0.2, 0) is 0 Å². The van der Waals surface area contributed by atoms with Gasteiger partial charge in [-0.3, -0.25) is 0 Å². The highest BCUT2D eigenvalue weighted by Gasteiger charge is 2.09. The van der Waals surface area contributed by atoms with E-state index < -0.39 is 5.97 Å². The van der Waals surface area contributed by atoms with Crippen LogP contribution in [0.4, 0.5) is 11.5 Å². The van der Waals surface area contributed by atoms with E-state index in [9.17, 15) is 4.79 Å². The Labute approximate surface area is 130 Å². The van der Waals surface area contributed by atoms with E-state index in [-0.39, 0.29) is 5.56 Å². The molecule has 2 heterocycles. The number of thioether (sulfide) groups is 1. The second-order valence-electron chi connectivity index (χ2n) is 4.44. The molecule has 0 unspecified atom stereocenters. The van der Waals surface area contributed by atoms with E-state index in [0.29, 0.717) is 22.3 Å². The Morgan fingerprint density at radius 1 is 1.23 bits per heavy atom. The SMILES string of the molecule is CSc1nc(Nc2cccc(C(=O)O)c2)c2cccnc2n1. The normalized spacial score (nSPS) is 10.6. The van der Waals surface area contributed by atoms with Crippen LogP contribution in [0.15, 0.2) is 47.8 Å². The van der Waals surface area contributed by atoms with Crippen LogP contribution >= 0.6 is 11.8 Å². The molecule has 2 aromatic heterocycles. The summed E-state index contributed by atoms with van der Waals surface area (Å²) in [7, 11) is 0. The van der Waals surface area contributed by atoms with Gasteiger partial charge in [0.1, 0.15) is 5.82 Å². The summed E-state index contributed by atoms with van der Waals surface area (Å²) in [6.07, 6.45) is 3.56. The van der Waals surface area contributed by atoms with E-state index in [2.05, 4.69) is 20.3 Å². The third-order valence-corrected chi connectivity index (χ3v) is 3.55. The zero-order chi connectivity index (χ0) is 15.5. The lowest BCUT2D eigenvalue weighted by Crippen LogP contribution is -2.01. The standard InChI is InChI=1S/C15H12N4O2S/c1-22-15-18-12-11(6-3-7-16-12)13(19-15)17-10-5-2-4-9(8-10)14(20)21/h2-8H,1H3,(H,20,21)(H,16,17,18,19). The number of carboxylic acids is 1. The molecule has 0 atom stereocenters. The summed E-state index contributed by atoms with van der Waals surface area (Å²) in [6, 6.07) is 10.3. The summed E-state index contributed by atoms with van der Waals surface area (Å²) in [4.78, 5) is 24.1. The number of rotatable bonds is 4. The van der Waals surface area contributed by atoms with Crippen molar-refractivity contribution in [1.29, 1.82) is 0 Å². The van der Waals surface area contributed by atoms with Gasteiger partial charge in [-0.05, 0) is 36.6 Å². The Balaban J connectivity index is 2.06. The molecule has 0 saturated heterocycles. The quantitative estimate of drug-likeness (QED) is 0.565. The van der Waals surface area contributed by atoms with Gasteiger partial charge in [0.25, 0.3) is 0 Å². The van der Waals surface area contributed by atoms with Crippen LogP contribution in [0.25, 0.3) is 11.0 Å². The molecule has 0 aliphatic rings. The zero-order valence-corrected chi connectivity index (χ0v) is 12.5. The minimum Gasteiger partial charge on any atom is -0.478 e. The van der Waals surface area contributed by atoms with E-state index in [1.54, 1.807) is 30.5 Å². The zero-order valence-electron chi connectivity index (χ0n) is 11.6. The Kier molecular flexibility index (Phi) is 3.88. The molecule has 7 heteroatoms. The van der Waals surface area contributed by atoms with E-state index in [4.69, 9.17) is 5.11 Å². The maximum absolute atomic E-state index is 11.1. The molecule has 6 nitrogen and oxygen atoms in total. The van der Waals surface area contributed by atoms with Gasteiger partial charge >= 0.3 is 5.97 Å². The van der Waals surface area contributed by atoms with Gasteiger partial charge in [0.05, 0.1) is 10.9 Å². The Bertz CT molecular complexity index is 854. The van der Waals surface area contributed by atoms with Crippen LogP contribution < -0.4 is 5.32 Å². The fraction of sp³-hybridized carbons (Fsp3) is 0.0667. The van der Waals surface area contributed by atoms with Crippen molar-refractivity contribution in [3.05, 3.63) is 48.2 Å². The van der Waals surface area contributed by atoms with Crippen LogP contribution in [0.3, 0.4) is 0 Å². The summed E-state index contributed by atoms with van der Waals surface area (Å²) in [5, 5.41) is 13.6. The lowest BCUT2D eigenvalue weighted by molar-refractivity contribution is 0.0697. The van der Waals surface area contributed by atoms with Crippen molar-refractivity contribution in [2.24, 2.45) is 0 Å². The topological polar surface area (TPSA) is 88.0 Å². The molecule has 0 fully saturated rings. The number of fused-ring (bicyclic) bond motifs is 1. The largest absolute Gasteiger partial charge is 0.478 e. The molecular weight excluding hydrogens is 300 g/mol. The fourth-order valence-electron chi connectivity index (χ4n) is 2.00. The van der Waals surface area contributed by atoms with E-state index in [1.807, 2.05) is 18.4 Å². The lowest BCUT2D eigenvalue weighted by atomic mass is 10.2. The highest BCUT2D eigenvalue weighted by Crippen LogP contribution is 2.25. The number of carboxylic acid groups (broad SMARTS) is 1. The number of carbonyl (C=O) groups is 1. The van der Waals surface area contributed by atoms with Gasteiger partial charge in [0.2, 0.25) is 0 Å². The number of anilines is 2. The van der Waals surface area contributed by atoms with Crippen molar-refractivity contribution in [2.45, 2.75) is 5.16 Å². The Hall–Kier alpha value is -2.67. The molecular formula is C15H12N4O2S. The number of pyridine rings is 1. The van der Waals surface area contributed by atoms with Crippen LogP contribution in [0, 0.1) is 0 Å². The predicted octanol–water partition coefficient (Wildman–Crippen LogP) is 3.19. The van der Waals surface area contributed by atoms with Crippen molar-refractivity contribution in [1.82, 2.24) is 15.0 Å². The van der Waals surface area contributed by atoms with Crippen LogP contribution in [0.2, 0.25) is 0 Å². The maximum Gasteiger partial charge on any atom is 0.335 e. The number of aromatic carboxylic acids is 1. The summed E-state index contributed by atoms with van der Waals surface area (Å²) in [5.74, 6) is -0.368. The monoisotopic (exact) mass is 312 g/mol. The van der Waals surface area contributed by atoms with E-state index in [0.717, 1.165) is 5.39 Å². The second kappa shape index (κ2) is 5.98. The van der Waals surface area contributed by atoms with Crippen molar-refractivity contribution in [3.63, 3.8) is 0 Å². The van der Waals surface area contributed by atoms with Crippen LogP contribution in [-0.4, -0.2) is 32.3 Å². The number of hydrogen-bond donors (Lipinski definition) is 2. The van der Waals surface area contributed by atoms with Crippen LogP contribution in [0.5, 0.6) is 0 Å². The van der Waals surface area contributed by atoms with Gasteiger partial charge < -0.3 is 10.4 Å². The highest BCUT2D eigenvalue weighted by molar-refractivity contribution is 7.98. The Morgan fingerprint density at radius 2 is 2.09 bits per heavy atom. The first-order chi connectivity index (χ1) is 10.7. The molecule has 1 aromatic carbocycles. The molecule has 0 saturated carbocycles. The van der Waals surface area contributed by atoms with Gasteiger partial charge in [-0.1, -0.05) is 17.8 Å². The molecule has 2 N–H and O–H groups in total. The van der Waals surface area contributed by atoms with Gasteiger partial charge in [-0.2, -0.15) is 0 Å². The third-order valence-electron chi connectivity index (χ3n) is 3.01. The average molecular weight is 312 g/mol. The minimum atomic E-state index is -0.970. The highest BCUT2D eigenvalue weighted by atomic mass is 32.2. The fourth-order valence-corrected chi connectivity index (χ4v) is 2.36. The summed E-state index contributed by atoms with van der Waals surface area (Å²) in [5.41, 5.74) is 1.46. The second-order valence-corrected chi connectivity index (χ2v) is 5.22. The van der Waals surface area contributed by atoms with E-state index in [1.165, 1.54) is 11.8 Å². The minimum absolute atomic E-state index is 0.214. The smallest absolute Gasteiger partial charge is 0.335 e. The molecule has 3 aromatic rings. The Morgan fingerprint density at radius 3 is 2.86 bits per heavy atom. The first-order valence-corrected chi connectivity index (χ1v) is 7.67. The van der Waals surface area contributed by atoms with Crippen molar-refractivity contribution < 1.29 is 9.90 Å². The molecule has 0 aliphatic heterocycles. The number of hydrogen-bond acceptors (Lipinski definition) is 6. The van der Waals surface area contributed by atoms with Gasteiger partial charge in [0.15, 0.2) is 10.8 Å². The first kappa shape index (κ1) is 14.3. The molecule has 22 heavy (non-hydrogen) atoms. The molecule has 0 spiro atoms. The lowest BCUT2D eigenvalue weighted by Gasteiger charge is -2.10. The molecule has 0 bridgehead atoms. The molecule has 0 aliphatic carbocycles. The third kappa shape index (κ3) is 2.84. The molecule has 0 amide bonds. The summed E-state index contributed by atoms with van der Waals surface area (Å²) >= 11 is 1.42. The summed E-state index contributed by atoms with van der Waals surface area (Å²) < 4.78 is 0. The number of benzene rings is 1. The average Bonchev–Trinajstić information content (AvgIpc) is 2.55. The predicted molar refractivity (Wildman–Crippen MR) is 85.8 cm³/mol. The van der Waals surface area contributed by atoms with E-state index >= 15 is 0 Å². The molecule has 110 valence electrons. The number of aromatic nitrogens is 3. The van der Waals surface area contributed by atoms with Crippen molar-refractivity contribution in [2.75, 3.05) is 11.6 Å². The van der Waals surface area contributed by atoms with Gasteiger partial charge in [-0.15, -0.1) is 0 Å². The van der Waals surface area contributed by atoms with Crippen LogP contribution in [0.1, 0.15) is 10.4 Å². The first-order valence-electron chi connectivity index (χ1n) is 6.44. The molecule has 3 rings (SSSR count). The van der Waals surface area contributed by atoms with Crippen molar-refractivity contribution >= 4 is 40.3 Å². The maximum atomic E-state index is 11.1. The van der Waals surface area contributed by atoms with Crippen molar-refractivity contribution in [3.8, 4) is 0 Å². The van der Waals surface area contributed by atoms with Gasteiger partial charge in [-0.25, -0.2) is 19.7 Å². The number of nitrogens with zero attached hydrogens (tertiary/aromatic N) is 3. The summed E-state index contributed by atoms with van der Waals surface area (Å²) in [6.45, 7) is 0. The number of nitrogens with one attached hydrogen (secondary N) is 1. The van der Waals surface area contributed by atoms with Gasteiger partial charge in [0, 0.05) is 11.9 Å².